The number of phenolic OH excluding ortho intramolecular Hbond substituents is 1. The van der Waals surface area contributed by atoms with Gasteiger partial charge >= 0.3 is 0 Å². The Labute approximate surface area is 109 Å². The summed E-state index contributed by atoms with van der Waals surface area (Å²) in [6.45, 7) is 4.53. The monoisotopic (exact) mass is 258 g/mol. The molecule has 2 aromatic rings. The fourth-order valence-corrected chi connectivity index (χ4v) is 3.59. The Morgan fingerprint density at radius 2 is 1.56 bits per heavy atom. The molecular weight excluding hydrogens is 240 g/mol. The van der Waals surface area contributed by atoms with Gasteiger partial charge in [-0.25, -0.2) is 0 Å². The number of para-hydroxylation sites is 2. The van der Waals surface area contributed by atoms with Crippen molar-refractivity contribution >= 4 is 13.3 Å². The van der Waals surface area contributed by atoms with Gasteiger partial charge in [-0.05, 0) is 12.1 Å². The maximum atomic E-state index is 9.67. The average molecular weight is 258 g/mol. The van der Waals surface area contributed by atoms with Crippen molar-refractivity contribution < 1.29 is 9.84 Å². The number of phenols is 1. The summed E-state index contributed by atoms with van der Waals surface area (Å²) in [7, 11) is -1.62. The van der Waals surface area contributed by atoms with Gasteiger partial charge in [0.25, 0.3) is 0 Å². The molecule has 0 saturated carbocycles. The van der Waals surface area contributed by atoms with Gasteiger partial charge in [-0.15, -0.1) is 0 Å². The molecule has 0 spiro atoms. The lowest BCUT2D eigenvalue weighted by Crippen LogP contribution is -2.47. The Hall–Kier alpha value is -1.74. The molecule has 1 N–H and O–H groups in total. The number of rotatable bonds is 4. The highest BCUT2D eigenvalue weighted by atomic mass is 28.3. The summed E-state index contributed by atoms with van der Waals surface area (Å²) in [5.74, 6) is 0.768. The third-order valence-corrected chi connectivity index (χ3v) is 5.77. The first kappa shape index (κ1) is 12.7. The Kier molecular flexibility index (Phi) is 3.72. The van der Waals surface area contributed by atoms with Gasteiger partial charge in [-0.2, -0.15) is 0 Å². The van der Waals surface area contributed by atoms with Crippen LogP contribution in [0.5, 0.6) is 11.5 Å². The van der Waals surface area contributed by atoms with Crippen molar-refractivity contribution in [3.05, 3.63) is 54.6 Å². The molecule has 3 heteroatoms. The molecule has 0 unspecified atom stereocenters. The van der Waals surface area contributed by atoms with Crippen LogP contribution in [0.3, 0.4) is 0 Å². The van der Waals surface area contributed by atoms with E-state index < -0.39 is 8.07 Å². The number of benzene rings is 2. The smallest absolute Gasteiger partial charge is 0.160 e. The molecule has 0 aliphatic rings. The van der Waals surface area contributed by atoms with Crippen molar-refractivity contribution in [2.45, 2.75) is 13.1 Å². The summed E-state index contributed by atoms with van der Waals surface area (Å²) in [5, 5.41) is 11.0. The average Bonchev–Trinajstić information content (AvgIpc) is 2.39. The van der Waals surface area contributed by atoms with Crippen LogP contribution in [0.15, 0.2) is 54.6 Å². The van der Waals surface area contributed by atoms with E-state index in [4.69, 9.17) is 4.74 Å². The van der Waals surface area contributed by atoms with Crippen molar-refractivity contribution in [1.29, 1.82) is 0 Å². The highest BCUT2D eigenvalue weighted by molar-refractivity contribution is 6.89. The van der Waals surface area contributed by atoms with Crippen molar-refractivity contribution in [2.75, 3.05) is 6.23 Å². The Morgan fingerprint density at radius 1 is 0.944 bits per heavy atom. The van der Waals surface area contributed by atoms with E-state index in [-0.39, 0.29) is 5.75 Å². The largest absolute Gasteiger partial charge is 0.504 e. The zero-order valence-electron chi connectivity index (χ0n) is 10.8. The predicted octanol–water partition coefficient (Wildman–Crippen LogP) is 2.93. The maximum Gasteiger partial charge on any atom is 0.160 e. The molecule has 2 aromatic carbocycles. The van der Waals surface area contributed by atoms with Crippen molar-refractivity contribution in [1.82, 2.24) is 0 Å². The molecule has 0 aromatic heterocycles. The Morgan fingerprint density at radius 3 is 2.22 bits per heavy atom. The van der Waals surface area contributed by atoms with Crippen LogP contribution in [0.2, 0.25) is 13.1 Å². The molecule has 0 aliphatic heterocycles. The van der Waals surface area contributed by atoms with E-state index in [2.05, 4.69) is 37.4 Å². The van der Waals surface area contributed by atoms with E-state index >= 15 is 0 Å². The lowest BCUT2D eigenvalue weighted by molar-refractivity contribution is 0.348. The molecule has 18 heavy (non-hydrogen) atoms. The third kappa shape index (κ3) is 2.93. The zero-order valence-corrected chi connectivity index (χ0v) is 11.8. The van der Waals surface area contributed by atoms with Gasteiger partial charge < -0.3 is 9.84 Å². The van der Waals surface area contributed by atoms with Gasteiger partial charge in [0.2, 0.25) is 0 Å². The second-order valence-corrected chi connectivity index (χ2v) is 9.64. The Balaban J connectivity index is 2.08. The minimum atomic E-state index is -1.62. The topological polar surface area (TPSA) is 29.5 Å². The van der Waals surface area contributed by atoms with E-state index in [1.807, 2.05) is 12.1 Å². The number of hydrogen-bond acceptors (Lipinski definition) is 2. The molecule has 0 amide bonds. The van der Waals surface area contributed by atoms with E-state index in [0.717, 1.165) is 0 Å². The first-order valence-corrected chi connectivity index (χ1v) is 9.27. The fourth-order valence-electron chi connectivity index (χ4n) is 1.81. The summed E-state index contributed by atoms with van der Waals surface area (Å²) in [5.41, 5.74) is 0. The van der Waals surface area contributed by atoms with Gasteiger partial charge in [-0.1, -0.05) is 60.7 Å². The predicted molar refractivity (Wildman–Crippen MR) is 77.2 cm³/mol. The molecule has 0 bridgehead atoms. The molecule has 0 radical (unpaired) electrons. The van der Waals surface area contributed by atoms with Crippen molar-refractivity contribution in [2.24, 2.45) is 0 Å². The standard InChI is InChI=1S/C15H18O2Si/c1-18(2,13-8-4-3-5-9-13)12-17-15-11-7-6-10-14(15)16/h3-11,16H,12H2,1-2H3. The van der Waals surface area contributed by atoms with Crippen molar-refractivity contribution in [3.63, 3.8) is 0 Å². The van der Waals surface area contributed by atoms with Gasteiger partial charge in [0.1, 0.15) is 8.07 Å². The molecule has 0 fully saturated rings. The number of hydrogen-bond donors (Lipinski definition) is 1. The second kappa shape index (κ2) is 5.27. The van der Waals surface area contributed by atoms with Crippen LogP contribution in [0.25, 0.3) is 0 Å². The summed E-state index contributed by atoms with van der Waals surface area (Å²) < 4.78 is 5.77. The van der Waals surface area contributed by atoms with Crippen molar-refractivity contribution in [3.8, 4) is 11.5 Å². The lowest BCUT2D eigenvalue weighted by Gasteiger charge is -2.23. The van der Waals surface area contributed by atoms with Crippen LogP contribution in [0.4, 0.5) is 0 Å². The minimum Gasteiger partial charge on any atom is -0.504 e. The van der Waals surface area contributed by atoms with E-state index in [0.29, 0.717) is 12.0 Å². The van der Waals surface area contributed by atoms with Gasteiger partial charge in [0, 0.05) is 0 Å². The molecule has 0 aliphatic carbocycles. The summed E-state index contributed by atoms with van der Waals surface area (Å²) in [6, 6.07) is 17.6. The van der Waals surface area contributed by atoms with Crippen LogP contribution in [0.1, 0.15) is 0 Å². The van der Waals surface area contributed by atoms with Gasteiger partial charge in [0.05, 0.1) is 6.23 Å². The SMILES string of the molecule is C[Si](C)(COc1ccccc1O)c1ccccc1. The number of aromatic hydroxyl groups is 1. The Bertz CT molecular complexity index is 509. The highest BCUT2D eigenvalue weighted by Crippen LogP contribution is 2.25. The molecule has 2 rings (SSSR count). The second-order valence-electron chi connectivity index (χ2n) is 5.01. The van der Waals surface area contributed by atoms with Crippen LogP contribution in [0, 0.1) is 0 Å². The highest BCUT2D eigenvalue weighted by Gasteiger charge is 2.24. The number of ether oxygens (including phenoxy) is 1. The van der Waals surface area contributed by atoms with Gasteiger partial charge in [-0.3, -0.25) is 0 Å². The lowest BCUT2D eigenvalue weighted by atomic mass is 10.3. The first-order valence-electron chi connectivity index (χ1n) is 6.06. The van der Waals surface area contributed by atoms with E-state index in [1.54, 1.807) is 18.2 Å². The molecule has 94 valence electrons. The normalized spacial score (nSPS) is 11.2. The van der Waals surface area contributed by atoms with Crippen LogP contribution >= 0.6 is 0 Å². The fraction of sp³-hybridized carbons (Fsp3) is 0.200. The van der Waals surface area contributed by atoms with Gasteiger partial charge in [0.15, 0.2) is 11.5 Å². The molecule has 0 saturated heterocycles. The quantitative estimate of drug-likeness (QED) is 0.854. The first-order chi connectivity index (χ1) is 8.59. The minimum absolute atomic E-state index is 0.204. The summed E-state index contributed by atoms with van der Waals surface area (Å²) in [4.78, 5) is 0. The molecule has 0 atom stereocenters. The van der Waals surface area contributed by atoms with E-state index in [9.17, 15) is 5.11 Å². The van der Waals surface area contributed by atoms with E-state index in [1.165, 1.54) is 5.19 Å². The zero-order chi connectivity index (χ0) is 13.0. The van der Waals surface area contributed by atoms with Crippen LogP contribution in [-0.4, -0.2) is 19.4 Å². The van der Waals surface area contributed by atoms with Crippen LogP contribution in [-0.2, 0) is 0 Å². The summed E-state index contributed by atoms with van der Waals surface area (Å²) in [6.07, 6.45) is 0.661. The molecular formula is C15H18O2Si. The molecule has 2 nitrogen and oxygen atoms in total. The molecule has 0 heterocycles. The third-order valence-electron chi connectivity index (χ3n) is 3.01. The van der Waals surface area contributed by atoms with Crippen LogP contribution < -0.4 is 9.92 Å². The summed E-state index contributed by atoms with van der Waals surface area (Å²) >= 11 is 0. The maximum absolute atomic E-state index is 9.67.